The number of nitrogens with zero attached hydrogens (tertiary/aromatic N) is 1. The second kappa shape index (κ2) is 20.0. The van der Waals surface area contributed by atoms with E-state index >= 15 is 0 Å². The minimum absolute atomic E-state index is 1.08. The molecular weight excluding hydrogens is 903 g/mol. The van der Waals surface area contributed by atoms with E-state index in [-0.39, 0.29) is 0 Å². The summed E-state index contributed by atoms with van der Waals surface area (Å²) in [5.74, 6) is 0. The van der Waals surface area contributed by atoms with Crippen LogP contribution in [0.25, 0.3) is 111 Å². The Kier molecular flexibility index (Phi) is 12.0. The van der Waals surface area contributed by atoms with Crippen LogP contribution in [-0.2, 0) is 0 Å². The van der Waals surface area contributed by atoms with E-state index in [1.54, 1.807) is 0 Å². The minimum Gasteiger partial charge on any atom is -0.311 e. The van der Waals surface area contributed by atoms with Gasteiger partial charge in [-0.25, -0.2) is 0 Å². The largest absolute Gasteiger partial charge is 0.311 e. The predicted octanol–water partition coefficient (Wildman–Crippen LogP) is 20.8. The molecule has 0 fully saturated rings. The van der Waals surface area contributed by atoms with Crippen molar-refractivity contribution in [3.8, 4) is 89.0 Å². The van der Waals surface area contributed by atoms with Crippen LogP contribution in [0.2, 0.25) is 0 Å². The van der Waals surface area contributed by atoms with Gasteiger partial charge in [0, 0.05) is 17.1 Å². The first kappa shape index (κ1) is 45.1. The van der Waals surface area contributed by atoms with Gasteiger partial charge in [0.15, 0.2) is 0 Å². The molecule has 0 heterocycles. The second-order valence-electron chi connectivity index (χ2n) is 19.2. The molecule has 13 aromatic rings. The third-order valence-corrected chi connectivity index (χ3v) is 14.7. The number of hydrogen-bond donors (Lipinski definition) is 0. The fraction of sp³-hybridized carbons (Fsp3) is 0. The van der Waals surface area contributed by atoms with Crippen molar-refractivity contribution >= 4 is 38.6 Å². The number of hydrogen-bond acceptors (Lipinski definition) is 1. The van der Waals surface area contributed by atoms with Gasteiger partial charge < -0.3 is 4.90 Å². The van der Waals surface area contributed by atoms with Gasteiger partial charge in [0.05, 0.1) is 0 Å². The fourth-order valence-electron chi connectivity index (χ4n) is 11.0. The molecule has 0 unspecified atom stereocenters. The van der Waals surface area contributed by atoms with Gasteiger partial charge in [-0.3, -0.25) is 0 Å². The summed E-state index contributed by atoms with van der Waals surface area (Å²) in [6, 6.07) is 113. The molecule has 75 heavy (non-hydrogen) atoms. The van der Waals surface area contributed by atoms with Crippen LogP contribution in [-0.4, -0.2) is 0 Å². The molecule has 0 N–H and O–H groups in total. The standard InChI is InChI=1S/C74H51N/c1-6-18-52(19-7-1)54-30-32-55(33-31-54)56-34-42-64(43-35-56)75(66-46-38-59(39-47-66)67-48-40-62(53-20-8-2-9-21-53)50-71(67)58-22-10-3-11-23-58)65-44-36-57(37-45-65)63-41-49-69-68-28-16-17-29-70(68)73(60-24-12-4-13-25-60)74(72(69)51-63)61-26-14-5-15-27-61/h1-51H. The third-order valence-electron chi connectivity index (χ3n) is 14.7. The first-order chi connectivity index (χ1) is 37.2. The van der Waals surface area contributed by atoms with Crippen LogP contribution < -0.4 is 4.90 Å². The van der Waals surface area contributed by atoms with Gasteiger partial charge in [0.25, 0.3) is 0 Å². The van der Waals surface area contributed by atoms with Crippen molar-refractivity contribution in [2.75, 3.05) is 4.90 Å². The molecule has 13 aromatic carbocycles. The van der Waals surface area contributed by atoms with E-state index in [9.17, 15) is 0 Å². The van der Waals surface area contributed by atoms with Crippen LogP contribution in [0.4, 0.5) is 17.1 Å². The van der Waals surface area contributed by atoms with E-state index < -0.39 is 0 Å². The number of anilines is 3. The van der Waals surface area contributed by atoms with Crippen molar-refractivity contribution in [2.45, 2.75) is 0 Å². The van der Waals surface area contributed by atoms with Gasteiger partial charge in [-0.1, -0.05) is 261 Å². The van der Waals surface area contributed by atoms with E-state index in [1.807, 2.05) is 0 Å². The number of benzene rings is 13. The summed E-state index contributed by atoms with van der Waals surface area (Å²) in [5.41, 5.74) is 22.4. The molecule has 13 rings (SSSR count). The average molecular weight is 954 g/mol. The van der Waals surface area contributed by atoms with Crippen molar-refractivity contribution in [1.29, 1.82) is 0 Å². The smallest absolute Gasteiger partial charge is 0.0462 e. The summed E-state index contributed by atoms with van der Waals surface area (Å²) >= 11 is 0. The molecule has 0 saturated heterocycles. The average Bonchev–Trinajstić information content (AvgIpc) is 3.50. The van der Waals surface area contributed by atoms with Crippen molar-refractivity contribution in [3.63, 3.8) is 0 Å². The van der Waals surface area contributed by atoms with Crippen molar-refractivity contribution < 1.29 is 0 Å². The van der Waals surface area contributed by atoms with Gasteiger partial charge in [-0.15, -0.1) is 0 Å². The zero-order valence-corrected chi connectivity index (χ0v) is 41.4. The lowest BCUT2D eigenvalue weighted by Gasteiger charge is -2.26. The topological polar surface area (TPSA) is 3.24 Å². The lowest BCUT2D eigenvalue weighted by Crippen LogP contribution is -2.09. The van der Waals surface area contributed by atoms with Crippen molar-refractivity contribution in [1.82, 2.24) is 0 Å². The van der Waals surface area contributed by atoms with Gasteiger partial charge in [0.1, 0.15) is 0 Å². The molecule has 1 heteroatoms. The highest BCUT2D eigenvalue weighted by Gasteiger charge is 2.20. The van der Waals surface area contributed by atoms with E-state index in [1.165, 1.54) is 99.4 Å². The van der Waals surface area contributed by atoms with Crippen LogP contribution in [0, 0.1) is 0 Å². The number of fused-ring (bicyclic) bond motifs is 3. The Morgan fingerprint density at radius 1 is 0.160 bits per heavy atom. The molecule has 0 aromatic heterocycles. The Labute approximate surface area is 439 Å². The Balaban J connectivity index is 0.902. The Bertz CT molecular complexity index is 4080. The zero-order valence-electron chi connectivity index (χ0n) is 41.4. The zero-order chi connectivity index (χ0) is 49.9. The van der Waals surface area contributed by atoms with Crippen LogP contribution in [0.1, 0.15) is 0 Å². The van der Waals surface area contributed by atoms with Crippen LogP contribution in [0.15, 0.2) is 309 Å². The molecule has 352 valence electrons. The molecule has 0 saturated carbocycles. The Morgan fingerprint density at radius 3 is 0.947 bits per heavy atom. The van der Waals surface area contributed by atoms with Gasteiger partial charge in [0.2, 0.25) is 0 Å². The molecule has 1 nitrogen and oxygen atoms in total. The molecule has 0 atom stereocenters. The quantitative estimate of drug-likeness (QED) is 0.117. The monoisotopic (exact) mass is 953 g/mol. The highest BCUT2D eigenvalue weighted by Crippen LogP contribution is 2.46. The van der Waals surface area contributed by atoms with Gasteiger partial charge in [-0.05, 0) is 159 Å². The summed E-state index contributed by atoms with van der Waals surface area (Å²) in [7, 11) is 0. The minimum atomic E-state index is 1.08. The van der Waals surface area contributed by atoms with E-state index in [2.05, 4.69) is 314 Å². The predicted molar refractivity (Wildman–Crippen MR) is 320 cm³/mol. The summed E-state index contributed by atoms with van der Waals surface area (Å²) in [6.07, 6.45) is 0. The maximum absolute atomic E-state index is 2.41. The van der Waals surface area contributed by atoms with Crippen LogP contribution in [0.3, 0.4) is 0 Å². The second-order valence-corrected chi connectivity index (χ2v) is 19.2. The summed E-state index contributed by atoms with van der Waals surface area (Å²) in [5, 5.41) is 5.00. The molecular formula is C74H51N. The molecule has 0 aliphatic heterocycles. The fourth-order valence-corrected chi connectivity index (χ4v) is 11.0. The Hall–Kier alpha value is -9.82. The highest BCUT2D eigenvalue weighted by molar-refractivity contribution is 6.22. The summed E-state index contributed by atoms with van der Waals surface area (Å²) in [6.45, 7) is 0. The van der Waals surface area contributed by atoms with Crippen molar-refractivity contribution in [2.24, 2.45) is 0 Å². The summed E-state index contributed by atoms with van der Waals surface area (Å²) in [4.78, 5) is 2.37. The van der Waals surface area contributed by atoms with E-state index in [0.29, 0.717) is 0 Å². The summed E-state index contributed by atoms with van der Waals surface area (Å²) < 4.78 is 0. The SMILES string of the molecule is c1ccc(-c2ccc(-c3ccc(N(c4ccc(-c5ccc6c(c5)c(-c5ccccc5)c(-c5ccccc5)c5ccccc56)cc4)c4ccc(-c5ccc(-c6ccccc6)cc5-c5ccccc5)cc4)cc3)cc2)cc1. The molecule has 0 aliphatic carbocycles. The molecule has 0 spiro atoms. The lowest BCUT2D eigenvalue weighted by atomic mass is 9.84. The van der Waals surface area contributed by atoms with Crippen LogP contribution in [0.5, 0.6) is 0 Å². The first-order valence-electron chi connectivity index (χ1n) is 25.8. The molecule has 0 radical (unpaired) electrons. The van der Waals surface area contributed by atoms with E-state index in [4.69, 9.17) is 0 Å². The maximum Gasteiger partial charge on any atom is 0.0462 e. The Morgan fingerprint density at radius 2 is 0.453 bits per heavy atom. The normalized spacial score (nSPS) is 11.2. The lowest BCUT2D eigenvalue weighted by molar-refractivity contribution is 1.28. The third kappa shape index (κ3) is 8.88. The van der Waals surface area contributed by atoms with Crippen molar-refractivity contribution in [3.05, 3.63) is 309 Å². The van der Waals surface area contributed by atoms with Gasteiger partial charge >= 0.3 is 0 Å². The molecule has 0 amide bonds. The van der Waals surface area contributed by atoms with E-state index in [0.717, 1.165) is 28.2 Å². The first-order valence-corrected chi connectivity index (χ1v) is 25.8. The molecule has 0 bridgehead atoms. The maximum atomic E-state index is 2.41. The highest BCUT2D eigenvalue weighted by atomic mass is 15.1. The van der Waals surface area contributed by atoms with Gasteiger partial charge in [-0.2, -0.15) is 0 Å². The van der Waals surface area contributed by atoms with Crippen LogP contribution >= 0.6 is 0 Å². The molecule has 0 aliphatic rings. The number of rotatable bonds is 11.